The Kier molecular flexibility index (Phi) is 28.9. The molecule has 0 radical (unpaired) electrons. The molecule has 12 nitrogen and oxygen atoms in total. The topological polar surface area (TPSA) is 264 Å². The van der Waals surface area contributed by atoms with E-state index in [1.165, 1.54) is 112 Å². The molecule has 0 amide bonds. The highest BCUT2D eigenvalue weighted by Crippen LogP contribution is 2.50. The summed E-state index contributed by atoms with van der Waals surface area (Å²) in [4.78, 5) is 2.14. The van der Waals surface area contributed by atoms with E-state index in [2.05, 4.69) is 336 Å². The number of phenolic OH excluding ortho intramolecular Hbond substituents is 2. The van der Waals surface area contributed by atoms with Gasteiger partial charge in [-0.1, -0.05) is 296 Å². The number of nitrogens with two attached hydrogens (primary N) is 8. The van der Waals surface area contributed by atoms with Crippen molar-refractivity contribution < 1.29 is 10.2 Å². The van der Waals surface area contributed by atoms with Gasteiger partial charge in [0.2, 0.25) is 0 Å². The highest BCUT2D eigenvalue weighted by Gasteiger charge is 2.40. The van der Waals surface area contributed by atoms with E-state index in [1.807, 2.05) is 105 Å². The molecule has 0 saturated heterocycles. The first kappa shape index (κ1) is 92.5. The summed E-state index contributed by atoms with van der Waals surface area (Å²) in [7, 11) is 6.13. The number of hydrogen-bond acceptors (Lipinski definition) is 12. The van der Waals surface area contributed by atoms with Gasteiger partial charge >= 0.3 is 0 Å². The standard InChI is InChI=1S/C30H32N2.C24H28N2.C22H24N2.C20H20N2O2.C20H20N2/c1-19-15-21(3)28(31)26(17-19)30(5,27-18-20(2)16-22(4)29(27)32)25-13-11-24(12-14-25)23-9-7-6-8-10-23;1-24(20-8-6-5-7-9-20,21-12-10-19(11-13-21)18-25-2)22-14-16-23(17-15-22)26(3)4;1-15-13-18(23)9-11-20(15)22(3,17-7-5-4-6-8-17)21-12-10-19(24)14-16(21)2;1-20(13-5-3-2-4-6-13,16-9-7-14(21)11-18(16)23)17-10-8-15(22)12-19(17)24;1-20(15-5-3-2-4-6-15,16-7-11-18(21)12-8-16)17-9-13-19(22)14-10-17/h6-18H,31-32H2,1-5H3;5-17,25H,18H2,1-4H3;4-14H,23-24H2,1-3H3;2-12,23-24H,21-22H2,1H3;2-14H,21-22H2,1H3. The van der Waals surface area contributed by atoms with Crippen LogP contribution in [0.4, 0.5) is 51.2 Å². The highest BCUT2D eigenvalue weighted by atomic mass is 16.3. The summed E-state index contributed by atoms with van der Waals surface area (Å²) in [5.41, 5.74) is 81.3. The monoisotopic (exact) mass is 1690 g/mol. The number of aromatic hydroxyl groups is 2. The van der Waals surface area contributed by atoms with Crippen LogP contribution in [0.25, 0.3) is 11.1 Å². The zero-order valence-corrected chi connectivity index (χ0v) is 76.4. The van der Waals surface area contributed by atoms with E-state index >= 15 is 0 Å². The zero-order chi connectivity index (χ0) is 91.8. The summed E-state index contributed by atoms with van der Waals surface area (Å²) in [6.45, 7) is 24.6. The fraction of sp³-hybridized carbons (Fsp3) is 0.172. The second-order valence-corrected chi connectivity index (χ2v) is 34.7. The SMILES string of the molecule is CC(c1ccccc1)(c1ccc(N)cc1)c1ccc(N)cc1.CC(c1ccccc1)(c1ccc(N)cc1O)c1ccc(N)cc1O.CNCc1ccc(C(C)(c2ccccc2)c2ccc(N(C)C)cc2)cc1.Cc1cc(C)c(N)c(C(C)(c2ccc(-c3ccccc3)cc2)c2cc(C)cc(C)c2N)c1.Cc1cc(N)ccc1C(C)(c1ccccc1)c1ccc(N)cc1C. The van der Waals surface area contributed by atoms with Crippen LogP contribution < -0.4 is 56.1 Å². The average molecular weight is 1690 g/mol. The van der Waals surface area contributed by atoms with Crippen molar-refractivity contribution in [2.24, 2.45) is 0 Å². The third-order valence-corrected chi connectivity index (χ3v) is 25.7. The maximum absolute atomic E-state index is 10.5. The average Bonchev–Trinajstić information content (AvgIpc) is 0.733. The van der Waals surface area contributed by atoms with Gasteiger partial charge in [-0.15, -0.1) is 0 Å². The third kappa shape index (κ3) is 20.0. The van der Waals surface area contributed by atoms with Gasteiger partial charge in [-0.2, -0.15) is 0 Å². The minimum Gasteiger partial charge on any atom is -0.508 e. The molecule has 12 heteroatoms. The van der Waals surface area contributed by atoms with Crippen molar-refractivity contribution in [1.82, 2.24) is 5.32 Å². The van der Waals surface area contributed by atoms with E-state index in [9.17, 15) is 10.2 Å². The lowest BCUT2D eigenvalue weighted by Gasteiger charge is -2.35. The van der Waals surface area contributed by atoms with Gasteiger partial charge in [0.15, 0.2) is 0 Å². The predicted molar refractivity (Wildman–Crippen MR) is 544 cm³/mol. The Balaban J connectivity index is 0.000000146. The van der Waals surface area contributed by atoms with E-state index in [0.717, 1.165) is 68.5 Å². The van der Waals surface area contributed by atoms with E-state index in [4.69, 9.17) is 45.9 Å². The van der Waals surface area contributed by atoms with Crippen molar-refractivity contribution in [1.29, 1.82) is 0 Å². The van der Waals surface area contributed by atoms with Gasteiger partial charge in [0.1, 0.15) is 11.5 Å². The van der Waals surface area contributed by atoms with Crippen LogP contribution in [0.15, 0.2) is 370 Å². The molecule has 1 atom stereocenters. The minimum absolute atomic E-state index is 0.0811. The molecular formula is C116H124N10O2. The molecule has 16 aromatic rings. The summed E-state index contributed by atoms with van der Waals surface area (Å²) < 4.78 is 0. The van der Waals surface area contributed by atoms with Gasteiger partial charge in [0.25, 0.3) is 0 Å². The molecule has 16 aromatic carbocycles. The molecule has 16 rings (SSSR count). The van der Waals surface area contributed by atoms with E-state index in [-0.39, 0.29) is 27.7 Å². The number of nitrogen functional groups attached to an aromatic ring is 8. The number of anilines is 9. The molecule has 0 aromatic heterocycles. The molecule has 128 heavy (non-hydrogen) atoms. The van der Waals surface area contributed by atoms with Crippen molar-refractivity contribution in [3.63, 3.8) is 0 Å². The Morgan fingerprint density at radius 1 is 0.250 bits per heavy atom. The summed E-state index contributed by atoms with van der Waals surface area (Å²) in [6.07, 6.45) is 0. The van der Waals surface area contributed by atoms with Gasteiger partial charge in [-0.25, -0.2) is 0 Å². The molecule has 0 saturated carbocycles. The van der Waals surface area contributed by atoms with Crippen LogP contribution in [-0.4, -0.2) is 31.4 Å². The van der Waals surface area contributed by atoms with Crippen LogP contribution in [0.2, 0.25) is 0 Å². The Morgan fingerprint density at radius 2 is 0.508 bits per heavy atom. The number of nitrogens with one attached hydrogen (secondary N) is 1. The lowest BCUT2D eigenvalue weighted by Crippen LogP contribution is -2.29. The van der Waals surface area contributed by atoms with Gasteiger partial charge < -0.3 is 66.3 Å². The lowest BCUT2D eigenvalue weighted by atomic mass is 9.68. The Labute approximate surface area is 758 Å². The summed E-state index contributed by atoms with van der Waals surface area (Å²) in [5, 5.41) is 24.2. The first-order valence-electron chi connectivity index (χ1n) is 43.5. The Hall–Kier alpha value is -14.7. The molecule has 19 N–H and O–H groups in total. The van der Waals surface area contributed by atoms with Gasteiger partial charge in [-0.05, 0) is 267 Å². The van der Waals surface area contributed by atoms with Gasteiger partial charge in [-0.3, -0.25) is 0 Å². The first-order chi connectivity index (χ1) is 61.2. The zero-order valence-electron chi connectivity index (χ0n) is 76.4. The smallest absolute Gasteiger partial charge is 0.122 e. The highest BCUT2D eigenvalue weighted by molar-refractivity contribution is 5.73. The van der Waals surface area contributed by atoms with Crippen molar-refractivity contribution >= 4 is 51.2 Å². The predicted octanol–water partition coefficient (Wildman–Crippen LogP) is 24.6. The molecule has 0 fully saturated rings. The largest absolute Gasteiger partial charge is 0.508 e. The number of nitrogens with zero attached hydrogens (tertiary/aromatic N) is 1. The molecule has 0 heterocycles. The quantitative estimate of drug-likeness (QED) is 0.0267. The summed E-state index contributed by atoms with van der Waals surface area (Å²) in [6, 6.07) is 126. The van der Waals surface area contributed by atoms with E-state index in [0.29, 0.717) is 22.5 Å². The Bertz CT molecular complexity index is 6030. The normalized spacial score (nSPS) is 11.8. The van der Waals surface area contributed by atoms with Gasteiger partial charge in [0, 0.05) is 122 Å². The number of hydrogen-bond donors (Lipinski definition) is 11. The van der Waals surface area contributed by atoms with Crippen molar-refractivity contribution in [2.75, 3.05) is 71.9 Å². The molecule has 1 unspecified atom stereocenters. The molecule has 0 aliphatic heterocycles. The summed E-state index contributed by atoms with van der Waals surface area (Å²) in [5.74, 6) is 0.162. The second-order valence-electron chi connectivity index (χ2n) is 34.7. The fourth-order valence-corrected chi connectivity index (χ4v) is 18.2. The van der Waals surface area contributed by atoms with Crippen LogP contribution in [0.1, 0.15) is 157 Å². The van der Waals surface area contributed by atoms with Crippen LogP contribution in [0, 0.1) is 41.5 Å². The molecule has 0 spiro atoms. The van der Waals surface area contributed by atoms with E-state index in [1.54, 1.807) is 24.3 Å². The fourth-order valence-electron chi connectivity index (χ4n) is 18.2. The molecule has 0 bridgehead atoms. The first-order valence-corrected chi connectivity index (χ1v) is 43.5. The Morgan fingerprint density at radius 3 is 0.836 bits per heavy atom. The second kappa shape index (κ2) is 40.1. The van der Waals surface area contributed by atoms with Crippen molar-refractivity contribution in [3.8, 4) is 22.6 Å². The van der Waals surface area contributed by atoms with Crippen LogP contribution in [-0.2, 0) is 33.6 Å². The van der Waals surface area contributed by atoms with Gasteiger partial charge in [0.05, 0.1) is 0 Å². The minimum atomic E-state index is -0.767. The van der Waals surface area contributed by atoms with Crippen LogP contribution in [0.5, 0.6) is 11.5 Å². The number of phenols is 2. The maximum atomic E-state index is 10.5. The van der Waals surface area contributed by atoms with Crippen molar-refractivity contribution in [2.45, 2.75) is 110 Å². The number of benzene rings is 16. The summed E-state index contributed by atoms with van der Waals surface area (Å²) >= 11 is 0. The van der Waals surface area contributed by atoms with Crippen LogP contribution in [0.3, 0.4) is 0 Å². The molecule has 0 aliphatic carbocycles. The number of aryl methyl sites for hydroxylation is 6. The molecular weight excluding hydrogens is 1570 g/mol. The lowest BCUT2D eigenvalue weighted by molar-refractivity contribution is 0.442. The van der Waals surface area contributed by atoms with E-state index < -0.39 is 10.8 Å². The van der Waals surface area contributed by atoms with Crippen molar-refractivity contribution in [3.05, 3.63) is 492 Å². The van der Waals surface area contributed by atoms with Crippen LogP contribution >= 0.6 is 0 Å². The molecule has 0 aliphatic rings. The number of rotatable bonds is 19. The maximum Gasteiger partial charge on any atom is 0.122 e. The third-order valence-electron chi connectivity index (χ3n) is 25.7. The molecule has 650 valence electrons.